The number of hydrogen-bond donors (Lipinski definition) is 0. The Morgan fingerprint density at radius 1 is 1.30 bits per heavy atom. The first-order chi connectivity index (χ1) is 11.1. The van der Waals surface area contributed by atoms with Crippen molar-refractivity contribution in [1.29, 1.82) is 0 Å². The summed E-state index contributed by atoms with van der Waals surface area (Å²) < 4.78 is 11.1. The van der Waals surface area contributed by atoms with Gasteiger partial charge in [0.15, 0.2) is 11.6 Å². The van der Waals surface area contributed by atoms with Gasteiger partial charge < -0.3 is 14.2 Å². The van der Waals surface area contributed by atoms with Crippen molar-refractivity contribution in [2.24, 2.45) is 5.92 Å². The predicted molar refractivity (Wildman–Crippen MR) is 85.9 cm³/mol. The second kappa shape index (κ2) is 7.12. The van der Waals surface area contributed by atoms with Crippen LogP contribution < -0.4 is 9.64 Å². The molecular weight excluding hydrogens is 318 g/mol. The Labute approximate surface area is 140 Å². The second-order valence-electron chi connectivity index (χ2n) is 6.02. The average Bonchev–Trinajstić information content (AvgIpc) is 3.05. The normalized spacial score (nSPS) is 16.1. The maximum Gasteiger partial charge on any atom is 0.324 e. The van der Waals surface area contributed by atoms with E-state index in [9.17, 15) is 0 Å². The van der Waals surface area contributed by atoms with E-state index in [0.717, 1.165) is 31.8 Å². The zero-order valence-corrected chi connectivity index (χ0v) is 14.0. The highest BCUT2D eigenvalue weighted by Gasteiger charge is 2.24. The number of anilines is 1. The molecule has 8 heteroatoms. The van der Waals surface area contributed by atoms with Crippen LogP contribution >= 0.6 is 11.6 Å². The molecule has 1 saturated heterocycles. The maximum absolute atomic E-state index is 5.72. The fraction of sp³-hybridized carbons (Fsp3) is 0.600. The molecule has 0 radical (unpaired) electrons. The number of ether oxygens (including phenoxy) is 1. The van der Waals surface area contributed by atoms with E-state index in [-0.39, 0.29) is 11.2 Å². The summed E-state index contributed by atoms with van der Waals surface area (Å²) in [6, 6.07) is 0.624. The molecule has 0 N–H and O–H groups in total. The van der Waals surface area contributed by atoms with Gasteiger partial charge in [0.1, 0.15) is 0 Å². The van der Waals surface area contributed by atoms with Crippen molar-refractivity contribution in [2.75, 3.05) is 24.6 Å². The average molecular weight is 338 g/mol. The molecule has 1 fully saturated rings. The minimum Gasteiger partial charge on any atom is -0.490 e. The SMILES string of the molecule is CC(C)c1noc(N2CCC(COc3cnc(Cl)nc3)CC2)n1. The van der Waals surface area contributed by atoms with Crippen LogP contribution in [0.25, 0.3) is 0 Å². The summed E-state index contributed by atoms with van der Waals surface area (Å²) in [5, 5.41) is 4.24. The Hall–Kier alpha value is -1.89. The van der Waals surface area contributed by atoms with Crippen LogP contribution in [0.5, 0.6) is 5.75 Å². The lowest BCUT2D eigenvalue weighted by molar-refractivity contribution is 0.219. The minimum atomic E-state index is 0.228. The molecule has 0 unspecified atom stereocenters. The molecule has 0 atom stereocenters. The van der Waals surface area contributed by atoms with E-state index in [2.05, 4.69) is 38.9 Å². The number of hydrogen-bond acceptors (Lipinski definition) is 7. The quantitative estimate of drug-likeness (QED) is 0.776. The van der Waals surface area contributed by atoms with Crippen molar-refractivity contribution in [3.8, 4) is 5.75 Å². The number of aromatic nitrogens is 4. The van der Waals surface area contributed by atoms with Crippen LogP contribution in [0.15, 0.2) is 16.9 Å². The first kappa shape index (κ1) is 16.0. The van der Waals surface area contributed by atoms with Gasteiger partial charge in [0.05, 0.1) is 19.0 Å². The van der Waals surface area contributed by atoms with Crippen LogP contribution in [0.4, 0.5) is 6.01 Å². The Morgan fingerprint density at radius 3 is 2.61 bits per heavy atom. The highest BCUT2D eigenvalue weighted by atomic mass is 35.5. The molecule has 0 aromatic carbocycles. The van der Waals surface area contributed by atoms with Crippen LogP contribution in [0.1, 0.15) is 38.4 Å². The highest BCUT2D eigenvalue weighted by molar-refractivity contribution is 6.28. The third kappa shape index (κ3) is 4.10. The van der Waals surface area contributed by atoms with Gasteiger partial charge in [-0.2, -0.15) is 4.98 Å². The number of nitrogens with zero attached hydrogens (tertiary/aromatic N) is 5. The molecule has 23 heavy (non-hydrogen) atoms. The van der Waals surface area contributed by atoms with E-state index < -0.39 is 0 Å². The first-order valence-electron chi connectivity index (χ1n) is 7.80. The zero-order valence-electron chi connectivity index (χ0n) is 13.3. The number of piperidine rings is 1. The van der Waals surface area contributed by atoms with E-state index in [4.69, 9.17) is 20.9 Å². The maximum atomic E-state index is 5.72. The first-order valence-corrected chi connectivity index (χ1v) is 8.18. The van der Waals surface area contributed by atoms with Gasteiger partial charge in [-0.15, -0.1) is 0 Å². The van der Waals surface area contributed by atoms with Gasteiger partial charge in [0, 0.05) is 19.0 Å². The molecule has 0 saturated carbocycles. The standard InChI is InChI=1S/C15H20ClN5O2/c1-10(2)13-19-15(23-20-13)21-5-3-11(4-6-21)9-22-12-7-17-14(16)18-8-12/h7-8,10-11H,3-6,9H2,1-2H3. The summed E-state index contributed by atoms with van der Waals surface area (Å²) in [6.07, 6.45) is 5.23. The molecule has 0 aliphatic carbocycles. The van der Waals surface area contributed by atoms with Crippen LogP contribution in [-0.4, -0.2) is 39.8 Å². The van der Waals surface area contributed by atoms with Gasteiger partial charge in [-0.05, 0) is 30.4 Å². The lowest BCUT2D eigenvalue weighted by Crippen LogP contribution is -2.35. The van der Waals surface area contributed by atoms with Crippen molar-refractivity contribution in [1.82, 2.24) is 20.1 Å². The molecule has 2 aromatic rings. The monoisotopic (exact) mass is 337 g/mol. The molecule has 124 valence electrons. The van der Waals surface area contributed by atoms with Gasteiger partial charge >= 0.3 is 6.01 Å². The third-order valence-corrected chi connectivity index (χ3v) is 4.11. The molecule has 1 aliphatic heterocycles. The molecule has 2 aromatic heterocycles. The molecule has 0 spiro atoms. The molecule has 0 amide bonds. The minimum absolute atomic E-state index is 0.228. The van der Waals surface area contributed by atoms with Crippen molar-refractivity contribution in [3.05, 3.63) is 23.5 Å². The van der Waals surface area contributed by atoms with Crippen LogP contribution in [0.3, 0.4) is 0 Å². The predicted octanol–water partition coefficient (Wildman–Crippen LogP) is 2.93. The van der Waals surface area contributed by atoms with E-state index >= 15 is 0 Å². The summed E-state index contributed by atoms with van der Waals surface area (Å²) in [7, 11) is 0. The topological polar surface area (TPSA) is 77.2 Å². The van der Waals surface area contributed by atoms with Gasteiger partial charge in [0.2, 0.25) is 5.28 Å². The molecule has 7 nitrogen and oxygen atoms in total. The van der Waals surface area contributed by atoms with Crippen molar-refractivity contribution >= 4 is 17.6 Å². The Kier molecular flexibility index (Phi) is 4.95. The summed E-state index contributed by atoms with van der Waals surface area (Å²) in [6.45, 7) is 6.55. The third-order valence-electron chi connectivity index (χ3n) is 3.91. The number of halogens is 1. The summed E-state index contributed by atoms with van der Waals surface area (Å²) in [4.78, 5) is 14.4. The fourth-order valence-corrected chi connectivity index (χ4v) is 2.57. The largest absolute Gasteiger partial charge is 0.490 e. The van der Waals surface area contributed by atoms with E-state index in [0.29, 0.717) is 24.3 Å². The van der Waals surface area contributed by atoms with Gasteiger partial charge in [-0.3, -0.25) is 0 Å². The Morgan fingerprint density at radius 2 is 2.00 bits per heavy atom. The highest BCUT2D eigenvalue weighted by Crippen LogP contribution is 2.24. The van der Waals surface area contributed by atoms with Gasteiger partial charge in [-0.25, -0.2) is 9.97 Å². The smallest absolute Gasteiger partial charge is 0.324 e. The summed E-state index contributed by atoms with van der Waals surface area (Å²) in [5.74, 6) is 2.18. The molecule has 1 aliphatic rings. The lowest BCUT2D eigenvalue weighted by Gasteiger charge is -2.30. The van der Waals surface area contributed by atoms with E-state index in [1.807, 2.05) is 0 Å². The fourth-order valence-electron chi connectivity index (χ4n) is 2.47. The van der Waals surface area contributed by atoms with E-state index in [1.165, 1.54) is 0 Å². The summed E-state index contributed by atoms with van der Waals surface area (Å²) in [5.41, 5.74) is 0. The van der Waals surface area contributed by atoms with Gasteiger partial charge in [-0.1, -0.05) is 19.0 Å². The van der Waals surface area contributed by atoms with Crippen LogP contribution in [-0.2, 0) is 0 Å². The second-order valence-corrected chi connectivity index (χ2v) is 6.36. The molecule has 0 bridgehead atoms. The number of rotatable bonds is 5. The zero-order chi connectivity index (χ0) is 16.2. The Balaban J connectivity index is 1.47. The molecular formula is C15H20ClN5O2. The molecule has 3 rings (SSSR count). The van der Waals surface area contributed by atoms with Crippen molar-refractivity contribution < 1.29 is 9.26 Å². The van der Waals surface area contributed by atoms with Gasteiger partial charge in [0.25, 0.3) is 0 Å². The van der Waals surface area contributed by atoms with Crippen molar-refractivity contribution in [2.45, 2.75) is 32.6 Å². The van der Waals surface area contributed by atoms with Crippen LogP contribution in [0, 0.1) is 5.92 Å². The lowest BCUT2D eigenvalue weighted by atomic mass is 9.98. The molecule has 3 heterocycles. The van der Waals surface area contributed by atoms with E-state index in [1.54, 1.807) is 12.4 Å². The Bertz CT molecular complexity index is 623. The van der Waals surface area contributed by atoms with Crippen LogP contribution in [0.2, 0.25) is 5.28 Å². The summed E-state index contributed by atoms with van der Waals surface area (Å²) >= 11 is 5.65. The van der Waals surface area contributed by atoms with Crippen molar-refractivity contribution in [3.63, 3.8) is 0 Å².